The highest BCUT2D eigenvalue weighted by Gasteiger charge is 2.24. The van der Waals surface area contributed by atoms with Crippen LogP contribution in [0.15, 0.2) is 52.3 Å². The minimum Gasteiger partial charge on any atom is -0.360 e. The van der Waals surface area contributed by atoms with Crippen molar-refractivity contribution < 1.29 is 12.9 Å². The minimum atomic E-state index is -3.78. The number of sulfonamides is 1. The molecule has 0 radical (unpaired) electrons. The summed E-state index contributed by atoms with van der Waals surface area (Å²) in [7, 11) is -1.83. The van der Waals surface area contributed by atoms with Crippen molar-refractivity contribution in [3.8, 4) is 0 Å². The van der Waals surface area contributed by atoms with Crippen molar-refractivity contribution in [2.24, 2.45) is 0 Å². The fourth-order valence-electron chi connectivity index (χ4n) is 2.70. The molecule has 142 valence electrons. The van der Waals surface area contributed by atoms with Crippen LogP contribution >= 0.6 is 0 Å². The van der Waals surface area contributed by atoms with Gasteiger partial charge in [-0.15, -0.1) is 0 Å². The second kappa shape index (κ2) is 7.75. The minimum absolute atomic E-state index is 0.0565. The summed E-state index contributed by atoms with van der Waals surface area (Å²) in [4.78, 5) is 10.4. The largest absolute Gasteiger partial charge is 0.360 e. The number of hydrogen-bond donors (Lipinski definition) is 1. The molecule has 0 bridgehead atoms. The van der Waals surface area contributed by atoms with E-state index in [1.807, 2.05) is 24.1 Å². The maximum absolute atomic E-state index is 12.5. The predicted octanol–water partition coefficient (Wildman–Crippen LogP) is 2.56. The van der Waals surface area contributed by atoms with E-state index in [9.17, 15) is 8.42 Å². The lowest BCUT2D eigenvalue weighted by atomic mass is 10.2. The Bertz CT molecular complexity index is 982. The summed E-state index contributed by atoms with van der Waals surface area (Å²) < 4.78 is 32.5. The Morgan fingerprint density at radius 1 is 1.15 bits per heavy atom. The van der Waals surface area contributed by atoms with Crippen LogP contribution in [0.25, 0.3) is 0 Å². The molecule has 0 aromatic carbocycles. The number of rotatable bonds is 7. The highest BCUT2D eigenvalue weighted by Crippen LogP contribution is 2.22. The van der Waals surface area contributed by atoms with Crippen molar-refractivity contribution in [1.29, 1.82) is 0 Å². The molecule has 0 saturated heterocycles. The average molecular weight is 387 g/mol. The van der Waals surface area contributed by atoms with Crippen LogP contribution in [0.2, 0.25) is 0 Å². The van der Waals surface area contributed by atoms with E-state index in [0.29, 0.717) is 11.4 Å². The lowest BCUT2D eigenvalue weighted by molar-refractivity contribution is 0.390. The number of nitrogens with zero attached hydrogens (tertiary/aromatic N) is 4. The second-order valence-electron chi connectivity index (χ2n) is 6.19. The first-order chi connectivity index (χ1) is 12.9. The summed E-state index contributed by atoms with van der Waals surface area (Å²) in [5, 5.41) is 3.69. The van der Waals surface area contributed by atoms with Crippen LogP contribution in [0.1, 0.15) is 17.0 Å². The lowest BCUT2D eigenvalue weighted by Crippen LogP contribution is -2.21. The molecule has 9 heteroatoms. The van der Waals surface area contributed by atoms with E-state index in [0.717, 1.165) is 18.8 Å². The number of aryl methyl sites for hydroxylation is 2. The van der Waals surface area contributed by atoms with Gasteiger partial charge in [0.15, 0.2) is 10.7 Å². The van der Waals surface area contributed by atoms with Crippen LogP contribution in [0.3, 0.4) is 0 Å². The van der Waals surface area contributed by atoms with E-state index < -0.39 is 10.0 Å². The van der Waals surface area contributed by atoms with Crippen molar-refractivity contribution in [1.82, 2.24) is 15.1 Å². The van der Waals surface area contributed by atoms with Crippen molar-refractivity contribution in [3.05, 3.63) is 59.9 Å². The summed E-state index contributed by atoms with van der Waals surface area (Å²) in [6.45, 7) is 3.93. The van der Waals surface area contributed by atoms with Gasteiger partial charge in [-0.1, -0.05) is 5.16 Å². The van der Waals surface area contributed by atoms with Gasteiger partial charge in [0.25, 0.3) is 10.0 Å². The van der Waals surface area contributed by atoms with E-state index in [1.54, 1.807) is 38.4 Å². The summed E-state index contributed by atoms with van der Waals surface area (Å²) in [5.74, 6) is 1.00. The highest BCUT2D eigenvalue weighted by atomic mass is 32.2. The van der Waals surface area contributed by atoms with Gasteiger partial charge in [0.1, 0.15) is 11.5 Å². The number of nitrogens with one attached hydrogen (secondary N) is 1. The Kier molecular flexibility index (Phi) is 5.41. The molecule has 1 N–H and O–H groups in total. The zero-order chi connectivity index (χ0) is 19.4. The van der Waals surface area contributed by atoms with Crippen molar-refractivity contribution >= 4 is 21.5 Å². The third-order valence-electron chi connectivity index (χ3n) is 4.11. The molecule has 0 unspecified atom stereocenters. The SMILES string of the molecule is Cc1noc(C)c1S(=O)(=O)Nc1ccc(N(C)CCc2ccncc2)nc1. The number of aromatic nitrogens is 3. The van der Waals surface area contributed by atoms with E-state index in [1.165, 1.54) is 11.8 Å². The van der Waals surface area contributed by atoms with Gasteiger partial charge < -0.3 is 9.42 Å². The van der Waals surface area contributed by atoms with Crippen LogP contribution in [0.4, 0.5) is 11.5 Å². The molecular weight excluding hydrogens is 366 g/mol. The molecule has 0 atom stereocenters. The summed E-state index contributed by atoms with van der Waals surface area (Å²) in [6.07, 6.45) is 5.90. The Hall–Kier alpha value is -2.94. The van der Waals surface area contributed by atoms with Gasteiger partial charge in [0.05, 0.1) is 11.9 Å². The predicted molar refractivity (Wildman–Crippen MR) is 102 cm³/mol. The van der Waals surface area contributed by atoms with E-state index >= 15 is 0 Å². The van der Waals surface area contributed by atoms with E-state index in [4.69, 9.17) is 4.52 Å². The molecule has 0 aliphatic rings. The molecule has 3 aromatic heterocycles. The molecule has 0 amide bonds. The Morgan fingerprint density at radius 2 is 1.89 bits per heavy atom. The number of likely N-dealkylation sites (N-methyl/N-ethyl adjacent to an activating group) is 1. The monoisotopic (exact) mass is 387 g/mol. The quantitative estimate of drug-likeness (QED) is 0.665. The summed E-state index contributed by atoms with van der Waals surface area (Å²) >= 11 is 0. The average Bonchev–Trinajstić information content (AvgIpc) is 3.00. The number of hydrogen-bond acceptors (Lipinski definition) is 7. The van der Waals surface area contributed by atoms with Gasteiger partial charge in [0.2, 0.25) is 0 Å². The number of anilines is 2. The van der Waals surface area contributed by atoms with Crippen LogP contribution in [-0.4, -0.2) is 37.1 Å². The second-order valence-corrected chi connectivity index (χ2v) is 7.81. The molecular formula is C18H21N5O3S. The van der Waals surface area contributed by atoms with Gasteiger partial charge in [-0.2, -0.15) is 0 Å². The molecule has 0 fully saturated rings. The third-order valence-corrected chi connectivity index (χ3v) is 5.74. The fourth-order valence-corrected chi connectivity index (χ4v) is 4.07. The lowest BCUT2D eigenvalue weighted by Gasteiger charge is -2.18. The van der Waals surface area contributed by atoms with Gasteiger partial charge >= 0.3 is 0 Å². The van der Waals surface area contributed by atoms with Crippen LogP contribution < -0.4 is 9.62 Å². The molecule has 3 heterocycles. The maximum atomic E-state index is 12.5. The van der Waals surface area contributed by atoms with Crippen molar-refractivity contribution in [2.45, 2.75) is 25.2 Å². The van der Waals surface area contributed by atoms with Crippen molar-refractivity contribution in [3.63, 3.8) is 0 Å². The first kappa shape index (κ1) is 18.8. The van der Waals surface area contributed by atoms with E-state index in [-0.39, 0.29) is 10.7 Å². The third kappa shape index (κ3) is 4.43. The first-order valence-corrected chi connectivity index (χ1v) is 9.87. The molecule has 0 saturated carbocycles. The standard InChI is InChI=1S/C18H21N5O3S/c1-13-18(14(2)26-21-13)27(24,25)22-16-4-5-17(20-12-16)23(3)11-8-15-6-9-19-10-7-15/h4-7,9-10,12,22H,8,11H2,1-3H3. The topological polar surface area (TPSA) is 101 Å². The van der Waals surface area contributed by atoms with Crippen LogP contribution in [-0.2, 0) is 16.4 Å². The first-order valence-electron chi connectivity index (χ1n) is 8.38. The Balaban J connectivity index is 1.66. The summed E-state index contributed by atoms with van der Waals surface area (Å²) in [5.41, 5.74) is 1.89. The van der Waals surface area contributed by atoms with E-state index in [2.05, 4.69) is 19.8 Å². The molecule has 0 aliphatic heterocycles. The molecule has 8 nitrogen and oxygen atoms in total. The van der Waals surface area contributed by atoms with Crippen LogP contribution in [0.5, 0.6) is 0 Å². The van der Waals surface area contributed by atoms with Gasteiger partial charge in [-0.3, -0.25) is 9.71 Å². The van der Waals surface area contributed by atoms with Gasteiger partial charge in [-0.25, -0.2) is 13.4 Å². The van der Waals surface area contributed by atoms with Crippen molar-refractivity contribution in [2.75, 3.05) is 23.2 Å². The molecule has 3 aromatic rings. The van der Waals surface area contributed by atoms with Gasteiger partial charge in [0, 0.05) is 26.0 Å². The zero-order valence-corrected chi connectivity index (χ0v) is 16.2. The highest BCUT2D eigenvalue weighted by molar-refractivity contribution is 7.92. The fraction of sp³-hybridized carbons (Fsp3) is 0.278. The molecule has 0 aliphatic carbocycles. The summed E-state index contributed by atoms with van der Waals surface area (Å²) in [6, 6.07) is 7.42. The normalized spacial score (nSPS) is 11.4. The maximum Gasteiger partial charge on any atom is 0.267 e. The smallest absolute Gasteiger partial charge is 0.267 e. The van der Waals surface area contributed by atoms with Gasteiger partial charge in [-0.05, 0) is 50.1 Å². The number of pyridine rings is 2. The Morgan fingerprint density at radius 3 is 2.48 bits per heavy atom. The Labute approximate surface area is 158 Å². The molecule has 27 heavy (non-hydrogen) atoms. The molecule has 3 rings (SSSR count). The zero-order valence-electron chi connectivity index (χ0n) is 15.4. The molecule has 0 spiro atoms. The van der Waals surface area contributed by atoms with Crippen LogP contribution in [0, 0.1) is 13.8 Å².